The molecule has 1 heterocycles. The van der Waals surface area contributed by atoms with Crippen molar-refractivity contribution in [1.29, 1.82) is 0 Å². The van der Waals surface area contributed by atoms with Crippen LogP contribution in [0.25, 0.3) is 0 Å². The zero-order valence-corrected chi connectivity index (χ0v) is 11.0. The summed E-state index contributed by atoms with van der Waals surface area (Å²) in [5, 5.41) is 3.32. The average Bonchev–Trinajstić information content (AvgIpc) is 2.35. The molecule has 2 atom stereocenters. The molecule has 1 N–H and O–H groups in total. The number of nitrogens with zero attached hydrogens (tertiary/aromatic N) is 1. The number of aryl methyl sites for hydroxylation is 1. The lowest BCUT2D eigenvalue weighted by Gasteiger charge is -2.38. The number of piperazine rings is 1. The average molecular weight is 250 g/mol. The van der Waals surface area contributed by atoms with Crippen LogP contribution < -0.4 is 5.32 Å². The summed E-state index contributed by atoms with van der Waals surface area (Å²) in [6.07, 6.45) is 0. The van der Waals surface area contributed by atoms with E-state index in [-0.39, 0.29) is 23.8 Å². The zero-order valence-electron chi connectivity index (χ0n) is 11.0. The minimum Gasteiger partial charge on any atom is -0.333 e. The van der Waals surface area contributed by atoms with Gasteiger partial charge in [-0.2, -0.15) is 0 Å². The summed E-state index contributed by atoms with van der Waals surface area (Å²) in [5.41, 5.74) is 0.993. The van der Waals surface area contributed by atoms with Crippen molar-refractivity contribution in [3.8, 4) is 0 Å². The Labute approximate surface area is 107 Å². The Morgan fingerprint density at radius 1 is 1.44 bits per heavy atom. The molecule has 18 heavy (non-hydrogen) atoms. The van der Waals surface area contributed by atoms with Crippen molar-refractivity contribution in [1.82, 2.24) is 10.2 Å². The van der Waals surface area contributed by atoms with Gasteiger partial charge in [0.15, 0.2) is 0 Å². The molecule has 0 bridgehead atoms. The Hall–Kier alpha value is -1.42. The van der Waals surface area contributed by atoms with Crippen molar-refractivity contribution >= 4 is 5.91 Å². The van der Waals surface area contributed by atoms with Crippen molar-refractivity contribution in [3.63, 3.8) is 0 Å². The largest absolute Gasteiger partial charge is 0.333 e. The third kappa shape index (κ3) is 2.38. The standard InChI is InChI=1S/C14H19FN2O/c1-9-4-5-12(8-13(9)15)14(18)17-7-6-16-10(2)11(17)3/h4-5,8,10-11,16H,6-7H2,1-3H3. The van der Waals surface area contributed by atoms with E-state index >= 15 is 0 Å². The minimum absolute atomic E-state index is 0.0882. The number of carbonyl (C=O) groups is 1. The van der Waals surface area contributed by atoms with Crippen LogP contribution in [-0.2, 0) is 0 Å². The summed E-state index contributed by atoms with van der Waals surface area (Å²) >= 11 is 0. The van der Waals surface area contributed by atoms with Crippen molar-refractivity contribution in [2.45, 2.75) is 32.9 Å². The van der Waals surface area contributed by atoms with Gasteiger partial charge in [0.1, 0.15) is 5.82 Å². The van der Waals surface area contributed by atoms with Crippen LogP contribution in [0, 0.1) is 12.7 Å². The van der Waals surface area contributed by atoms with Crippen LogP contribution in [0.3, 0.4) is 0 Å². The van der Waals surface area contributed by atoms with Gasteiger partial charge in [-0.3, -0.25) is 4.79 Å². The molecule has 1 saturated heterocycles. The molecule has 4 heteroatoms. The second kappa shape index (κ2) is 5.06. The zero-order chi connectivity index (χ0) is 13.3. The number of hydrogen-bond acceptors (Lipinski definition) is 2. The Kier molecular flexibility index (Phi) is 3.66. The first-order chi connectivity index (χ1) is 8.50. The smallest absolute Gasteiger partial charge is 0.254 e. The molecule has 0 aromatic heterocycles. The van der Waals surface area contributed by atoms with E-state index in [0.717, 1.165) is 6.54 Å². The van der Waals surface area contributed by atoms with Gasteiger partial charge in [-0.15, -0.1) is 0 Å². The summed E-state index contributed by atoms with van der Waals surface area (Å²) in [6.45, 7) is 7.21. The van der Waals surface area contributed by atoms with Crippen molar-refractivity contribution in [2.75, 3.05) is 13.1 Å². The normalized spacial score (nSPS) is 24.1. The predicted molar refractivity (Wildman–Crippen MR) is 69.1 cm³/mol. The SMILES string of the molecule is Cc1ccc(C(=O)N2CCNC(C)C2C)cc1F. The number of benzene rings is 1. The maximum absolute atomic E-state index is 13.5. The van der Waals surface area contributed by atoms with Crippen molar-refractivity contribution < 1.29 is 9.18 Å². The predicted octanol–water partition coefficient (Wildman–Crippen LogP) is 1.96. The molecule has 1 aromatic carbocycles. The van der Waals surface area contributed by atoms with Crippen LogP contribution in [-0.4, -0.2) is 36.0 Å². The highest BCUT2D eigenvalue weighted by atomic mass is 19.1. The highest BCUT2D eigenvalue weighted by Crippen LogP contribution is 2.16. The van der Waals surface area contributed by atoms with Crippen LogP contribution in [0.15, 0.2) is 18.2 Å². The molecule has 0 aliphatic carbocycles. The van der Waals surface area contributed by atoms with Crippen molar-refractivity contribution in [2.24, 2.45) is 0 Å². The van der Waals surface area contributed by atoms with Crippen molar-refractivity contribution in [3.05, 3.63) is 35.1 Å². The minimum atomic E-state index is -0.323. The molecule has 2 unspecified atom stereocenters. The molecule has 1 amide bonds. The molecule has 1 aromatic rings. The number of carbonyl (C=O) groups excluding carboxylic acids is 1. The van der Waals surface area contributed by atoms with Crippen LogP contribution in [0.5, 0.6) is 0 Å². The number of halogens is 1. The molecular formula is C14H19FN2O. The van der Waals surface area contributed by atoms with E-state index in [1.165, 1.54) is 6.07 Å². The molecule has 0 spiro atoms. The Bertz CT molecular complexity index is 461. The fraction of sp³-hybridized carbons (Fsp3) is 0.500. The van der Waals surface area contributed by atoms with E-state index in [9.17, 15) is 9.18 Å². The number of rotatable bonds is 1. The molecule has 1 fully saturated rings. The molecule has 3 nitrogen and oxygen atoms in total. The summed E-state index contributed by atoms with van der Waals surface area (Å²) in [5.74, 6) is -0.411. The second-order valence-electron chi connectivity index (χ2n) is 4.95. The van der Waals surface area contributed by atoms with Crippen LogP contribution in [0.4, 0.5) is 4.39 Å². The maximum atomic E-state index is 13.5. The molecule has 2 rings (SSSR count). The highest BCUT2D eigenvalue weighted by molar-refractivity contribution is 5.94. The van der Waals surface area contributed by atoms with Gasteiger partial charge in [0.25, 0.3) is 5.91 Å². The second-order valence-corrected chi connectivity index (χ2v) is 4.95. The van der Waals surface area contributed by atoms with Gasteiger partial charge in [-0.1, -0.05) is 6.07 Å². The molecule has 1 aliphatic rings. The van der Waals surface area contributed by atoms with Crippen LogP contribution in [0.1, 0.15) is 29.8 Å². The van der Waals surface area contributed by atoms with Gasteiger partial charge in [0.2, 0.25) is 0 Å². The summed E-state index contributed by atoms with van der Waals surface area (Å²) in [7, 11) is 0. The third-order valence-electron chi connectivity index (χ3n) is 3.71. The quantitative estimate of drug-likeness (QED) is 0.826. The molecular weight excluding hydrogens is 231 g/mol. The summed E-state index contributed by atoms with van der Waals surface area (Å²) < 4.78 is 13.5. The Morgan fingerprint density at radius 2 is 2.17 bits per heavy atom. The van der Waals surface area contributed by atoms with Gasteiger partial charge in [0, 0.05) is 30.7 Å². The number of nitrogens with one attached hydrogen (secondary N) is 1. The van der Waals surface area contributed by atoms with E-state index < -0.39 is 0 Å². The molecule has 1 aliphatic heterocycles. The lowest BCUT2D eigenvalue weighted by molar-refractivity contribution is 0.0602. The molecule has 0 saturated carbocycles. The number of hydrogen-bond donors (Lipinski definition) is 1. The molecule has 98 valence electrons. The van der Waals surface area contributed by atoms with Gasteiger partial charge in [-0.25, -0.2) is 4.39 Å². The fourth-order valence-electron chi connectivity index (χ4n) is 2.23. The van der Waals surface area contributed by atoms with E-state index in [0.29, 0.717) is 17.7 Å². The lowest BCUT2D eigenvalue weighted by Crippen LogP contribution is -2.57. The van der Waals surface area contributed by atoms with E-state index in [4.69, 9.17) is 0 Å². The third-order valence-corrected chi connectivity index (χ3v) is 3.71. The van der Waals surface area contributed by atoms with Crippen LogP contribution >= 0.6 is 0 Å². The Balaban J connectivity index is 2.22. The van der Waals surface area contributed by atoms with E-state index in [2.05, 4.69) is 12.2 Å². The highest BCUT2D eigenvalue weighted by Gasteiger charge is 2.28. The summed E-state index contributed by atoms with van der Waals surface area (Å²) in [6, 6.07) is 5.06. The first-order valence-electron chi connectivity index (χ1n) is 6.31. The van der Waals surface area contributed by atoms with Crippen LogP contribution in [0.2, 0.25) is 0 Å². The first-order valence-corrected chi connectivity index (χ1v) is 6.31. The molecule has 0 radical (unpaired) electrons. The topological polar surface area (TPSA) is 32.3 Å². The van der Waals surface area contributed by atoms with E-state index in [1.54, 1.807) is 19.1 Å². The number of amides is 1. The van der Waals surface area contributed by atoms with Gasteiger partial charge in [0.05, 0.1) is 0 Å². The first kappa shape index (κ1) is 13.0. The lowest BCUT2D eigenvalue weighted by atomic mass is 10.0. The van der Waals surface area contributed by atoms with Gasteiger partial charge < -0.3 is 10.2 Å². The monoisotopic (exact) mass is 250 g/mol. The van der Waals surface area contributed by atoms with Gasteiger partial charge in [-0.05, 0) is 38.5 Å². The fourth-order valence-corrected chi connectivity index (χ4v) is 2.23. The Morgan fingerprint density at radius 3 is 2.83 bits per heavy atom. The van der Waals surface area contributed by atoms with E-state index in [1.807, 2.05) is 11.8 Å². The maximum Gasteiger partial charge on any atom is 0.254 e. The van der Waals surface area contributed by atoms with Gasteiger partial charge >= 0.3 is 0 Å². The summed E-state index contributed by atoms with van der Waals surface area (Å²) in [4.78, 5) is 14.2.